The van der Waals surface area contributed by atoms with Crippen molar-refractivity contribution < 1.29 is 24.5 Å². The van der Waals surface area contributed by atoms with Crippen LogP contribution >= 0.6 is 0 Å². The van der Waals surface area contributed by atoms with Crippen molar-refractivity contribution in [1.29, 1.82) is 0 Å². The van der Waals surface area contributed by atoms with E-state index in [0.717, 1.165) is 5.56 Å². The molecule has 3 N–H and O–H groups in total. The fraction of sp³-hybridized carbons (Fsp3) is 0.333. The molecule has 1 aromatic heterocycles. The van der Waals surface area contributed by atoms with E-state index < -0.39 is 5.97 Å². The number of aromatic carboxylic acids is 1. The van der Waals surface area contributed by atoms with Gasteiger partial charge in [-0.05, 0) is 24.6 Å². The Morgan fingerprint density at radius 3 is 2.39 bits per heavy atom. The summed E-state index contributed by atoms with van der Waals surface area (Å²) < 4.78 is 11.6. The highest BCUT2D eigenvalue weighted by Gasteiger charge is 2.17. The Kier molecular flexibility index (Phi) is 4.95. The minimum atomic E-state index is -1.05. The van der Waals surface area contributed by atoms with Crippen LogP contribution in [0, 0.1) is 0 Å². The molecule has 0 fully saturated rings. The lowest BCUT2D eigenvalue weighted by molar-refractivity contribution is 0.0684. The standard InChI is InChI=1S/C15H19N3O5/c1-4-18-13(15(20)21)10(8-17-18)16-7-9-5-11(22-2)14(19)12(6-9)23-3/h5-6,8,16,19H,4,7H2,1-3H3,(H,20,21). The van der Waals surface area contributed by atoms with Crippen molar-refractivity contribution in [3.63, 3.8) is 0 Å². The van der Waals surface area contributed by atoms with Gasteiger partial charge in [0.2, 0.25) is 5.75 Å². The normalized spacial score (nSPS) is 10.4. The maximum atomic E-state index is 11.3. The van der Waals surface area contributed by atoms with E-state index in [-0.39, 0.29) is 22.9 Å². The monoisotopic (exact) mass is 321 g/mol. The molecular formula is C15H19N3O5. The molecule has 0 aliphatic carbocycles. The number of carbonyl (C=O) groups is 1. The zero-order valence-electron chi connectivity index (χ0n) is 13.2. The van der Waals surface area contributed by atoms with E-state index in [1.165, 1.54) is 25.1 Å². The highest BCUT2D eigenvalue weighted by molar-refractivity contribution is 5.92. The Labute approximate surface area is 133 Å². The molecule has 1 heterocycles. The topological polar surface area (TPSA) is 106 Å². The van der Waals surface area contributed by atoms with Gasteiger partial charge in [-0.1, -0.05) is 0 Å². The smallest absolute Gasteiger partial charge is 0.356 e. The van der Waals surface area contributed by atoms with Crippen molar-refractivity contribution >= 4 is 11.7 Å². The van der Waals surface area contributed by atoms with Crippen LogP contribution in [0.3, 0.4) is 0 Å². The second-order valence-electron chi connectivity index (χ2n) is 4.73. The van der Waals surface area contributed by atoms with Crippen LogP contribution in [-0.4, -0.2) is 40.2 Å². The summed E-state index contributed by atoms with van der Waals surface area (Å²) in [6.07, 6.45) is 1.47. The molecule has 0 aliphatic heterocycles. The average molecular weight is 321 g/mol. The van der Waals surface area contributed by atoms with Crippen molar-refractivity contribution in [2.24, 2.45) is 0 Å². The number of nitrogens with one attached hydrogen (secondary N) is 1. The molecule has 0 radical (unpaired) electrons. The van der Waals surface area contributed by atoms with Crippen LogP contribution in [0.2, 0.25) is 0 Å². The number of phenolic OH excluding ortho intramolecular Hbond substituents is 1. The first-order chi connectivity index (χ1) is 11.0. The second kappa shape index (κ2) is 6.91. The molecule has 0 amide bonds. The van der Waals surface area contributed by atoms with Crippen molar-refractivity contribution in [3.8, 4) is 17.2 Å². The molecule has 0 saturated carbocycles. The molecular weight excluding hydrogens is 302 g/mol. The number of hydrogen-bond donors (Lipinski definition) is 3. The predicted molar refractivity (Wildman–Crippen MR) is 83.4 cm³/mol. The number of anilines is 1. The quantitative estimate of drug-likeness (QED) is 0.715. The maximum Gasteiger partial charge on any atom is 0.356 e. The Bertz CT molecular complexity index is 686. The van der Waals surface area contributed by atoms with Crippen LogP contribution in [0.5, 0.6) is 17.2 Å². The first-order valence-electron chi connectivity index (χ1n) is 6.98. The van der Waals surface area contributed by atoms with Crippen LogP contribution in [0.1, 0.15) is 23.0 Å². The minimum absolute atomic E-state index is 0.0798. The predicted octanol–water partition coefficient (Wildman–Crippen LogP) is 1.94. The van der Waals surface area contributed by atoms with E-state index in [4.69, 9.17) is 9.47 Å². The van der Waals surface area contributed by atoms with Crippen LogP contribution in [0.15, 0.2) is 18.3 Å². The number of carboxylic acid groups (broad SMARTS) is 1. The fourth-order valence-corrected chi connectivity index (χ4v) is 2.23. The number of methoxy groups -OCH3 is 2. The molecule has 0 atom stereocenters. The summed E-state index contributed by atoms with van der Waals surface area (Å²) in [6, 6.07) is 3.30. The Hall–Kier alpha value is -2.90. The van der Waals surface area contributed by atoms with Gasteiger partial charge in [-0.3, -0.25) is 4.68 Å². The Morgan fingerprint density at radius 2 is 1.91 bits per heavy atom. The zero-order chi connectivity index (χ0) is 17.0. The van der Waals surface area contributed by atoms with Crippen molar-refractivity contribution in [2.75, 3.05) is 19.5 Å². The first-order valence-corrected chi connectivity index (χ1v) is 6.98. The van der Waals surface area contributed by atoms with Crippen molar-refractivity contribution in [3.05, 3.63) is 29.6 Å². The number of hydrogen-bond acceptors (Lipinski definition) is 6. The number of aromatic hydroxyl groups is 1. The summed E-state index contributed by atoms with van der Waals surface area (Å²) in [7, 11) is 2.89. The minimum Gasteiger partial charge on any atom is -0.502 e. The molecule has 1 aromatic carbocycles. The van der Waals surface area contributed by atoms with Gasteiger partial charge >= 0.3 is 5.97 Å². The molecule has 2 rings (SSSR count). The molecule has 0 bridgehead atoms. The lowest BCUT2D eigenvalue weighted by Crippen LogP contribution is -2.11. The van der Waals surface area contributed by atoms with Gasteiger partial charge in [-0.25, -0.2) is 4.79 Å². The third kappa shape index (κ3) is 3.31. The van der Waals surface area contributed by atoms with Crippen LogP contribution in [0.25, 0.3) is 0 Å². The number of phenols is 1. The largest absolute Gasteiger partial charge is 0.502 e. The fourth-order valence-electron chi connectivity index (χ4n) is 2.23. The van der Waals surface area contributed by atoms with E-state index in [1.807, 2.05) is 6.92 Å². The highest BCUT2D eigenvalue weighted by atomic mass is 16.5. The summed E-state index contributed by atoms with van der Waals surface area (Å²) in [5.41, 5.74) is 1.28. The summed E-state index contributed by atoms with van der Waals surface area (Å²) in [4.78, 5) is 11.3. The van der Waals surface area contributed by atoms with E-state index in [2.05, 4.69) is 10.4 Å². The molecule has 0 aliphatic rings. The summed E-state index contributed by atoms with van der Waals surface area (Å²) in [5, 5.41) is 26.2. The molecule has 0 saturated heterocycles. The molecule has 0 unspecified atom stereocenters. The SMILES string of the molecule is CCn1ncc(NCc2cc(OC)c(O)c(OC)c2)c1C(=O)O. The first kappa shape index (κ1) is 16.5. The van der Waals surface area contributed by atoms with Crippen molar-refractivity contribution in [1.82, 2.24) is 9.78 Å². The van der Waals surface area contributed by atoms with Gasteiger partial charge < -0.3 is 25.0 Å². The molecule has 8 nitrogen and oxygen atoms in total. The number of aryl methyl sites for hydroxylation is 1. The number of carboxylic acids is 1. The third-order valence-electron chi connectivity index (χ3n) is 3.36. The zero-order valence-corrected chi connectivity index (χ0v) is 13.2. The Morgan fingerprint density at radius 1 is 1.30 bits per heavy atom. The highest BCUT2D eigenvalue weighted by Crippen LogP contribution is 2.37. The van der Waals surface area contributed by atoms with E-state index in [9.17, 15) is 15.0 Å². The number of aromatic nitrogens is 2. The number of nitrogens with zero attached hydrogens (tertiary/aromatic N) is 2. The molecule has 124 valence electrons. The Balaban J connectivity index is 2.25. The van der Waals surface area contributed by atoms with Crippen LogP contribution in [-0.2, 0) is 13.1 Å². The molecule has 2 aromatic rings. The van der Waals surface area contributed by atoms with Gasteiger partial charge in [0.1, 0.15) is 0 Å². The second-order valence-corrected chi connectivity index (χ2v) is 4.73. The molecule has 8 heteroatoms. The maximum absolute atomic E-state index is 11.3. The van der Waals surface area contributed by atoms with E-state index in [0.29, 0.717) is 18.8 Å². The van der Waals surface area contributed by atoms with E-state index in [1.54, 1.807) is 12.1 Å². The van der Waals surface area contributed by atoms with Gasteiger partial charge in [0, 0.05) is 13.1 Å². The lowest BCUT2D eigenvalue weighted by Gasteiger charge is -2.12. The lowest BCUT2D eigenvalue weighted by atomic mass is 10.1. The van der Waals surface area contributed by atoms with Gasteiger partial charge in [0.25, 0.3) is 0 Å². The summed E-state index contributed by atoms with van der Waals surface area (Å²) >= 11 is 0. The van der Waals surface area contributed by atoms with Gasteiger partial charge in [0.15, 0.2) is 17.2 Å². The van der Waals surface area contributed by atoms with Gasteiger partial charge in [-0.15, -0.1) is 0 Å². The summed E-state index contributed by atoms with van der Waals surface area (Å²) in [5.74, 6) is -0.566. The number of benzene rings is 1. The third-order valence-corrected chi connectivity index (χ3v) is 3.36. The van der Waals surface area contributed by atoms with Gasteiger partial charge in [0.05, 0.1) is 26.1 Å². The summed E-state index contributed by atoms with van der Waals surface area (Å²) in [6.45, 7) is 2.60. The van der Waals surface area contributed by atoms with E-state index >= 15 is 0 Å². The molecule has 23 heavy (non-hydrogen) atoms. The molecule has 0 spiro atoms. The number of rotatable bonds is 7. The number of ether oxygens (including phenoxy) is 2. The van der Waals surface area contributed by atoms with Gasteiger partial charge in [-0.2, -0.15) is 5.10 Å². The van der Waals surface area contributed by atoms with Crippen molar-refractivity contribution in [2.45, 2.75) is 20.0 Å². The van der Waals surface area contributed by atoms with Crippen LogP contribution < -0.4 is 14.8 Å². The van der Waals surface area contributed by atoms with Crippen LogP contribution in [0.4, 0.5) is 5.69 Å². The average Bonchev–Trinajstić information content (AvgIpc) is 2.97.